The zero-order chi connectivity index (χ0) is 21.0. The molecule has 1 saturated heterocycles. The van der Waals surface area contributed by atoms with Crippen molar-refractivity contribution < 1.29 is 9.53 Å². The number of nitrogens with one attached hydrogen (secondary N) is 1. The summed E-state index contributed by atoms with van der Waals surface area (Å²) in [6.45, 7) is 5.53. The second-order valence-electron chi connectivity index (χ2n) is 8.18. The third-order valence-corrected chi connectivity index (χ3v) is 6.81. The van der Waals surface area contributed by atoms with Crippen LogP contribution in [0.2, 0.25) is 5.02 Å². The Morgan fingerprint density at radius 3 is 2.62 bits per heavy atom. The van der Waals surface area contributed by atoms with E-state index in [4.69, 9.17) is 16.3 Å². The molecule has 0 aliphatic carbocycles. The number of carbonyl (C=O) groups excluding carboxylic acids is 1. The highest BCUT2D eigenvalue weighted by molar-refractivity contribution is 6.34. The average Bonchev–Trinajstić information content (AvgIpc) is 2.74. The fourth-order valence-corrected chi connectivity index (χ4v) is 4.67. The van der Waals surface area contributed by atoms with E-state index in [1.165, 1.54) is 6.42 Å². The van der Waals surface area contributed by atoms with Crippen LogP contribution in [0.4, 0.5) is 0 Å². The van der Waals surface area contributed by atoms with Crippen molar-refractivity contribution in [2.24, 2.45) is 5.92 Å². The van der Waals surface area contributed by atoms with Crippen LogP contribution in [0.25, 0.3) is 0 Å². The topological polar surface area (TPSA) is 41.6 Å². The molecule has 1 heterocycles. The fraction of sp³-hybridized carbons (Fsp3) is 0.458. The number of likely N-dealkylation sites (tertiary alicyclic amines) is 1. The summed E-state index contributed by atoms with van der Waals surface area (Å²) in [5.41, 5.74) is 1.28. The first kappa shape index (κ1) is 21.7. The Morgan fingerprint density at radius 1 is 1.28 bits per heavy atom. The third-order valence-electron chi connectivity index (χ3n) is 6.49. The van der Waals surface area contributed by atoms with E-state index in [9.17, 15) is 4.79 Å². The lowest BCUT2D eigenvalue weighted by Crippen LogP contribution is -2.57. The Balaban J connectivity index is 1.97. The van der Waals surface area contributed by atoms with Crippen LogP contribution in [-0.4, -0.2) is 37.0 Å². The normalized spacial score (nSPS) is 23.4. The van der Waals surface area contributed by atoms with E-state index in [-0.39, 0.29) is 17.5 Å². The maximum atomic E-state index is 13.3. The SMILES string of the molecule is CCC1CCC(C)([C@H](NC(=O)c2c(Cl)cccc2OC)c2ccccc2)N(C)C1. The molecule has 1 aliphatic rings. The number of benzene rings is 2. The molecule has 1 N–H and O–H groups in total. The van der Waals surface area contributed by atoms with Gasteiger partial charge in [0.05, 0.1) is 23.7 Å². The summed E-state index contributed by atoms with van der Waals surface area (Å²) in [5, 5.41) is 3.68. The van der Waals surface area contributed by atoms with Gasteiger partial charge in [-0.15, -0.1) is 0 Å². The first-order valence-electron chi connectivity index (χ1n) is 10.3. The van der Waals surface area contributed by atoms with Crippen LogP contribution in [0.5, 0.6) is 5.75 Å². The molecule has 0 spiro atoms. The van der Waals surface area contributed by atoms with E-state index in [0.717, 1.165) is 24.9 Å². The summed E-state index contributed by atoms with van der Waals surface area (Å²) < 4.78 is 5.40. The van der Waals surface area contributed by atoms with Gasteiger partial charge >= 0.3 is 0 Å². The highest BCUT2D eigenvalue weighted by atomic mass is 35.5. The maximum Gasteiger partial charge on any atom is 0.257 e. The van der Waals surface area contributed by atoms with E-state index < -0.39 is 0 Å². The molecule has 1 aliphatic heterocycles. The second-order valence-corrected chi connectivity index (χ2v) is 8.59. The summed E-state index contributed by atoms with van der Waals surface area (Å²) in [7, 11) is 3.72. The minimum atomic E-state index is -0.214. The number of methoxy groups -OCH3 is 1. The van der Waals surface area contributed by atoms with E-state index in [0.29, 0.717) is 22.3 Å². The van der Waals surface area contributed by atoms with Crippen LogP contribution in [-0.2, 0) is 0 Å². The van der Waals surface area contributed by atoms with Gasteiger partial charge in [-0.1, -0.05) is 61.3 Å². The van der Waals surface area contributed by atoms with Crippen molar-refractivity contribution >= 4 is 17.5 Å². The molecular formula is C24H31ClN2O2. The Hall–Kier alpha value is -2.04. The molecule has 0 saturated carbocycles. The standard InChI is InChI=1S/C24H31ClN2O2/c1-5-17-14-15-24(2,27(3)16-17)22(18-10-7-6-8-11-18)26-23(28)21-19(25)12-9-13-20(21)29-4/h6-13,17,22H,5,14-16H2,1-4H3,(H,26,28)/t17?,22-,24?/m1/s1. The Labute approximate surface area is 179 Å². The fourth-order valence-electron chi connectivity index (χ4n) is 4.41. The molecule has 3 rings (SSSR count). The molecule has 4 nitrogen and oxygen atoms in total. The number of halogens is 1. The molecule has 3 atom stereocenters. The van der Waals surface area contributed by atoms with Gasteiger partial charge in [-0.25, -0.2) is 0 Å². The number of nitrogens with zero attached hydrogens (tertiary/aromatic N) is 1. The molecule has 0 aromatic heterocycles. The van der Waals surface area contributed by atoms with Gasteiger partial charge in [-0.3, -0.25) is 9.69 Å². The summed E-state index contributed by atoms with van der Waals surface area (Å²) in [6, 6.07) is 15.3. The lowest BCUT2D eigenvalue weighted by molar-refractivity contribution is 0.0229. The van der Waals surface area contributed by atoms with Crippen molar-refractivity contribution in [1.82, 2.24) is 10.2 Å². The summed E-state index contributed by atoms with van der Waals surface area (Å²) in [5.74, 6) is 0.965. The molecular weight excluding hydrogens is 384 g/mol. The van der Waals surface area contributed by atoms with Crippen molar-refractivity contribution in [3.05, 3.63) is 64.7 Å². The molecule has 1 amide bonds. The van der Waals surface area contributed by atoms with Crippen molar-refractivity contribution in [1.29, 1.82) is 0 Å². The average molecular weight is 415 g/mol. The highest BCUT2D eigenvalue weighted by Gasteiger charge is 2.43. The predicted molar refractivity (Wildman–Crippen MR) is 119 cm³/mol. The lowest BCUT2D eigenvalue weighted by Gasteiger charge is -2.50. The van der Waals surface area contributed by atoms with Gasteiger partial charge < -0.3 is 10.1 Å². The van der Waals surface area contributed by atoms with Crippen molar-refractivity contribution in [3.63, 3.8) is 0 Å². The van der Waals surface area contributed by atoms with Gasteiger partial charge in [0.2, 0.25) is 0 Å². The van der Waals surface area contributed by atoms with Gasteiger partial charge in [0.1, 0.15) is 5.75 Å². The number of piperidine rings is 1. The van der Waals surface area contributed by atoms with Crippen molar-refractivity contribution in [2.75, 3.05) is 20.7 Å². The Morgan fingerprint density at radius 2 is 2.00 bits per heavy atom. The molecule has 5 heteroatoms. The number of ether oxygens (including phenoxy) is 1. The van der Waals surface area contributed by atoms with Crippen molar-refractivity contribution in [2.45, 2.75) is 44.7 Å². The quantitative estimate of drug-likeness (QED) is 0.694. The molecule has 1 fully saturated rings. The Bertz CT molecular complexity index is 842. The second kappa shape index (κ2) is 9.19. The van der Waals surface area contributed by atoms with E-state index >= 15 is 0 Å². The zero-order valence-corrected chi connectivity index (χ0v) is 18.5. The lowest BCUT2D eigenvalue weighted by atomic mass is 9.75. The molecule has 156 valence electrons. The van der Waals surface area contributed by atoms with E-state index in [1.54, 1.807) is 25.3 Å². The van der Waals surface area contributed by atoms with Gasteiger partial charge in [0.25, 0.3) is 5.91 Å². The molecule has 2 unspecified atom stereocenters. The number of hydrogen-bond acceptors (Lipinski definition) is 3. The first-order valence-corrected chi connectivity index (χ1v) is 10.7. The molecule has 2 aromatic rings. The zero-order valence-electron chi connectivity index (χ0n) is 17.7. The van der Waals surface area contributed by atoms with Crippen LogP contribution < -0.4 is 10.1 Å². The van der Waals surface area contributed by atoms with Crippen LogP contribution in [0, 0.1) is 5.92 Å². The predicted octanol–water partition coefficient (Wildman–Crippen LogP) is 5.33. The first-order chi connectivity index (χ1) is 13.9. The Kier molecular flexibility index (Phi) is 6.86. The maximum absolute atomic E-state index is 13.3. The van der Waals surface area contributed by atoms with Crippen LogP contribution in [0.15, 0.2) is 48.5 Å². The summed E-state index contributed by atoms with van der Waals surface area (Å²) in [4.78, 5) is 15.8. The van der Waals surface area contributed by atoms with Gasteiger partial charge in [-0.2, -0.15) is 0 Å². The number of carbonyl (C=O) groups is 1. The minimum absolute atomic E-state index is 0.167. The number of likely N-dealkylation sites (N-methyl/N-ethyl adjacent to an activating group) is 1. The third kappa shape index (κ3) is 4.44. The highest BCUT2D eigenvalue weighted by Crippen LogP contribution is 2.40. The summed E-state index contributed by atoms with van der Waals surface area (Å²) >= 11 is 6.37. The monoisotopic (exact) mass is 414 g/mol. The minimum Gasteiger partial charge on any atom is -0.496 e. The van der Waals surface area contributed by atoms with Crippen LogP contribution >= 0.6 is 11.6 Å². The van der Waals surface area contributed by atoms with Gasteiger partial charge in [-0.05, 0) is 50.4 Å². The van der Waals surface area contributed by atoms with Crippen LogP contribution in [0.3, 0.4) is 0 Å². The molecule has 2 aromatic carbocycles. The molecule has 0 radical (unpaired) electrons. The van der Waals surface area contributed by atoms with E-state index in [1.807, 2.05) is 18.2 Å². The number of amides is 1. The van der Waals surface area contributed by atoms with E-state index in [2.05, 4.69) is 43.2 Å². The molecule has 0 bridgehead atoms. The largest absolute Gasteiger partial charge is 0.496 e. The van der Waals surface area contributed by atoms with Crippen molar-refractivity contribution in [3.8, 4) is 5.75 Å². The molecule has 29 heavy (non-hydrogen) atoms. The number of rotatable bonds is 6. The van der Waals surface area contributed by atoms with Gasteiger partial charge in [0.15, 0.2) is 0 Å². The smallest absolute Gasteiger partial charge is 0.257 e. The van der Waals surface area contributed by atoms with Crippen LogP contribution in [0.1, 0.15) is 55.1 Å². The number of hydrogen-bond donors (Lipinski definition) is 1. The van der Waals surface area contributed by atoms with Gasteiger partial charge in [0, 0.05) is 12.1 Å². The summed E-state index contributed by atoms with van der Waals surface area (Å²) in [6.07, 6.45) is 3.35.